The molecule has 2 rings (SSSR count). The number of aliphatic imine (C=N–C) groups is 1. The van der Waals surface area contributed by atoms with Gasteiger partial charge in [-0.15, -0.1) is 0 Å². The van der Waals surface area contributed by atoms with Crippen molar-refractivity contribution in [3.8, 4) is 5.75 Å². The Balaban J connectivity index is 1.70. The van der Waals surface area contributed by atoms with Crippen molar-refractivity contribution in [1.82, 2.24) is 15.3 Å². The van der Waals surface area contributed by atoms with Crippen molar-refractivity contribution in [2.75, 3.05) is 37.8 Å². The molecule has 1 heterocycles. The summed E-state index contributed by atoms with van der Waals surface area (Å²) in [5.74, 6) is -0.414. The highest BCUT2D eigenvalue weighted by molar-refractivity contribution is 6.06. The number of nitrogens with zero attached hydrogens (tertiary/aromatic N) is 3. The number of carbonyl (C=O) groups is 2. The zero-order valence-corrected chi connectivity index (χ0v) is 18.5. The lowest BCUT2D eigenvalue weighted by molar-refractivity contribution is -0.145. The highest BCUT2D eigenvalue weighted by atomic mass is 16.6. The van der Waals surface area contributed by atoms with E-state index in [0.717, 1.165) is 24.8 Å². The van der Waals surface area contributed by atoms with E-state index < -0.39 is 11.9 Å². The average molecular weight is 459 g/mol. The van der Waals surface area contributed by atoms with E-state index in [4.69, 9.17) is 32.4 Å². The van der Waals surface area contributed by atoms with Crippen LogP contribution in [0.15, 0.2) is 29.3 Å². The van der Waals surface area contributed by atoms with E-state index in [1.165, 1.54) is 0 Å². The van der Waals surface area contributed by atoms with Crippen LogP contribution < -0.4 is 33.0 Å². The van der Waals surface area contributed by atoms with Crippen LogP contribution in [0.4, 0.5) is 11.6 Å². The summed E-state index contributed by atoms with van der Waals surface area (Å²) in [7, 11) is 0. The molecule has 0 saturated carbocycles. The number of ether oxygens (including phenoxy) is 2. The van der Waals surface area contributed by atoms with E-state index in [1.54, 1.807) is 19.1 Å². The fraction of sp³-hybridized carbons (Fsp3) is 0.381. The molecule has 12 heteroatoms. The minimum atomic E-state index is -0.598. The highest BCUT2D eigenvalue weighted by Crippen LogP contribution is 2.14. The zero-order chi connectivity index (χ0) is 24.2. The van der Waals surface area contributed by atoms with Gasteiger partial charge in [0.05, 0.1) is 5.69 Å². The number of aryl methyl sites for hydroxylation is 2. The molecular formula is C21H30N8O4. The molecule has 12 nitrogen and oxygen atoms in total. The van der Waals surface area contributed by atoms with Crippen LogP contribution in [0.1, 0.15) is 34.6 Å². The maximum absolute atomic E-state index is 12.2. The SMILES string of the molecule is Cc1nc(C(=O)NC(N)=NCCCCc2ccc(OCC(=O)OCCN)cc2)c(N)nc1N. The molecule has 9 N–H and O–H groups in total. The Kier molecular flexibility index (Phi) is 9.83. The second-order valence-electron chi connectivity index (χ2n) is 7.05. The average Bonchev–Trinajstić information content (AvgIpc) is 2.79. The first-order valence-corrected chi connectivity index (χ1v) is 10.4. The minimum absolute atomic E-state index is 0.0258. The molecule has 0 aliphatic rings. The van der Waals surface area contributed by atoms with E-state index in [9.17, 15) is 9.59 Å². The number of anilines is 2. The molecule has 0 aliphatic heterocycles. The van der Waals surface area contributed by atoms with Crippen LogP contribution >= 0.6 is 0 Å². The molecule has 0 fully saturated rings. The van der Waals surface area contributed by atoms with Gasteiger partial charge in [-0.25, -0.2) is 14.8 Å². The monoisotopic (exact) mass is 458 g/mol. The molecule has 178 valence electrons. The molecule has 1 aromatic heterocycles. The van der Waals surface area contributed by atoms with Crippen LogP contribution in [-0.4, -0.2) is 54.1 Å². The van der Waals surface area contributed by atoms with Gasteiger partial charge in [0.25, 0.3) is 5.91 Å². The number of hydrogen-bond acceptors (Lipinski definition) is 10. The van der Waals surface area contributed by atoms with E-state index in [2.05, 4.69) is 20.3 Å². The van der Waals surface area contributed by atoms with Gasteiger partial charge in [0.15, 0.2) is 24.1 Å². The Morgan fingerprint density at radius 1 is 1.09 bits per heavy atom. The van der Waals surface area contributed by atoms with Gasteiger partial charge in [-0.05, 0) is 43.9 Å². The summed E-state index contributed by atoms with van der Waals surface area (Å²) in [5, 5.41) is 2.44. The number of aromatic nitrogens is 2. The van der Waals surface area contributed by atoms with Crippen molar-refractivity contribution in [3.63, 3.8) is 0 Å². The van der Waals surface area contributed by atoms with Crippen molar-refractivity contribution in [1.29, 1.82) is 0 Å². The van der Waals surface area contributed by atoms with Crippen LogP contribution in [-0.2, 0) is 16.0 Å². The van der Waals surface area contributed by atoms with Gasteiger partial charge in [0.1, 0.15) is 18.2 Å². The molecule has 0 spiro atoms. The molecule has 0 atom stereocenters. The van der Waals surface area contributed by atoms with Crippen molar-refractivity contribution < 1.29 is 19.1 Å². The number of nitrogens with one attached hydrogen (secondary N) is 1. The van der Waals surface area contributed by atoms with Crippen molar-refractivity contribution in [2.24, 2.45) is 16.5 Å². The fourth-order valence-electron chi connectivity index (χ4n) is 2.68. The van der Waals surface area contributed by atoms with Crippen molar-refractivity contribution >= 4 is 29.5 Å². The van der Waals surface area contributed by atoms with Crippen molar-refractivity contribution in [2.45, 2.75) is 26.2 Å². The first-order chi connectivity index (χ1) is 15.8. The van der Waals surface area contributed by atoms with Gasteiger partial charge in [-0.2, -0.15) is 0 Å². The Labute approximate surface area is 191 Å². The minimum Gasteiger partial charge on any atom is -0.482 e. The van der Waals surface area contributed by atoms with Crippen molar-refractivity contribution in [3.05, 3.63) is 41.2 Å². The number of carbonyl (C=O) groups excluding carboxylic acids is 2. The number of nitrogens with two attached hydrogens (primary N) is 4. The molecular weight excluding hydrogens is 428 g/mol. The molecule has 0 saturated heterocycles. The molecule has 0 aliphatic carbocycles. The summed E-state index contributed by atoms with van der Waals surface area (Å²) in [6.45, 7) is 2.36. The number of hydrogen-bond donors (Lipinski definition) is 5. The van der Waals surface area contributed by atoms with Crippen LogP contribution in [0.25, 0.3) is 0 Å². The Bertz CT molecular complexity index is 979. The van der Waals surface area contributed by atoms with Gasteiger partial charge in [0, 0.05) is 13.1 Å². The lowest BCUT2D eigenvalue weighted by atomic mass is 10.1. The van der Waals surface area contributed by atoms with Crippen LogP contribution in [0.5, 0.6) is 5.75 Å². The Hall–Kier alpha value is -3.93. The van der Waals surface area contributed by atoms with Crippen LogP contribution in [0.2, 0.25) is 0 Å². The predicted octanol–water partition coefficient (Wildman–Crippen LogP) is -0.102. The molecule has 1 amide bonds. The summed E-state index contributed by atoms with van der Waals surface area (Å²) in [4.78, 5) is 35.7. The first-order valence-electron chi connectivity index (χ1n) is 10.4. The number of benzene rings is 1. The van der Waals surface area contributed by atoms with E-state index >= 15 is 0 Å². The number of nitrogen functional groups attached to an aromatic ring is 2. The fourth-order valence-corrected chi connectivity index (χ4v) is 2.68. The number of amides is 1. The van der Waals surface area contributed by atoms with Gasteiger partial charge < -0.3 is 32.4 Å². The summed E-state index contributed by atoms with van der Waals surface area (Å²) in [5.41, 5.74) is 23.8. The smallest absolute Gasteiger partial charge is 0.344 e. The van der Waals surface area contributed by atoms with Gasteiger partial charge in [-0.1, -0.05) is 12.1 Å². The molecule has 0 radical (unpaired) electrons. The highest BCUT2D eigenvalue weighted by Gasteiger charge is 2.15. The standard InChI is InChI=1S/C21H30N8O4/c1-13-18(23)28-19(24)17(27-13)20(31)29-21(25)26-10-3-2-4-14-5-7-15(8-6-14)33-12-16(30)32-11-9-22/h5-8H,2-4,9-12,22H2,1H3,(H4,23,24,28)(H3,25,26,29,31). The third-order valence-corrected chi connectivity index (χ3v) is 4.41. The normalized spacial score (nSPS) is 11.2. The van der Waals surface area contributed by atoms with Crippen LogP contribution in [0, 0.1) is 6.92 Å². The third-order valence-electron chi connectivity index (χ3n) is 4.41. The first kappa shape index (κ1) is 25.3. The third kappa shape index (κ3) is 8.61. The van der Waals surface area contributed by atoms with Gasteiger partial charge >= 0.3 is 5.97 Å². The maximum atomic E-state index is 12.2. The molecule has 33 heavy (non-hydrogen) atoms. The van der Waals surface area contributed by atoms with E-state index in [1.807, 2.05) is 12.1 Å². The Morgan fingerprint density at radius 2 is 1.82 bits per heavy atom. The number of unbranched alkanes of at least 4 members (excludes halogenated alkanes) is 1. The van der Waals surface area contributed by atoms with E-state index in [-0.39, 0.29) is 43.0 Å². The Morgan fingerprint density at radius 3 is 2.52 bits per heavy atom. The second-order valence-corrected chi connectivity index (χ2v) is 7.05. The summed E-state index contributed by atoms with van der Waals surface area (Å²) >= 11 is 0. The van der Waals surface area contributed by atoms with Gasteiger partial charge in [-0.3, -0.25) is 15.1 Å². The van der Waals surface area contributed by atoms with E-state index in [0.29, 0.717) is 18.0 Å². The summed E-state index contributed by atoms with van der Waals surface area (Å²) < 4.78 is 10.2. The topological polar surface area (TPSA) is 207 Å². The zero-order valence-electron chi connectivity index (χ0n) is 18.5. The second kappa shape index (κ2) is 12.8. The molecule has 0 bridgehead atoms. The number of rotatable bonds is 11. The number of guanidine groups is 1. The predicted molar refractivity (Wildman–Crippen MR) is 124 cm³/mol. The maximum Gasteiger partial charge on any atom is 0.344 e. The molecule has 1 aromatic carbocycles. The summed E-state index contributed by atoms with van der Waals surface area (Å²) in [6.07, 6.45) is 2.47. The molecule has 2 aromatic rings. The number of esters is 1. The summed E-state index contributed by atoms with van der Waals surface area (Å²) in [6, 6.07) is 7.45. The lowest BCUT2D eigenvalue weighted by Gasteiger charge is -2.08. The largest absolute Gasteiger partial charge is 0.482 e. The molecule has 0 unspecified atom stereocenters. The van der Waals surface area contributed by atoms with Gasteiger partial charge in [0.2, 0.25) is 0 Å². The lowest BCUT2D eigenvalue weighted by Crippen LogP contribution is -2.38. The van der Waals surface area contributed by atoms with Crippen LogP contribution in [0.3, 0.4) is 0 Å². The quantitative estimate of drug-likeness (QED) is 0.131.